The Morgan fingerprint density at radius 1 is 1.15 bits per heavy atom. The van der Waals surface area contributed by atoms with Crippen LogP contribution in [0.2, 0.25) is 0 Å². The number of benzene rings is 1. The molecular weight excluding hydrogens is 528 g/mol. The lowest BCUT2D eigenvalue weighted by atomic mass is 10.0. The molecule has 0 saturated heterocycles. The molecule has 1 aliphatic rings. The van der Waals surface area contributed by atoms with Crippen molar-refractivity contribution in [2.45, 2.75) is 57.7 Å². The van der Waals surface area contributed by atoms with E-state index in [2.05, 4.69) is 26.3 Å². The summed E-state index contributed by atoms with van der Waals surface area (Å²) in [5.41, 5.74) is 1.94. The molecule has 0 spiro atoms. The third kappa shape index (κ3) is 9.09. The van der Waals surface area contributed by atoms with Crippen molar-refractivity contribution in [3.63, 3.8) is 0 Å². The minimum Gasteiger partial charge on any atom is -0.467 e. The first kappa shape index (κ1) is 31.2. The van der Waals surface area contributed by atoms with Crippen LogP contribution in [0.1, 0.15) is 38.7 Å². The van der Waals surface area contributed by atoms with Crippen LogP contribution in [-0.2, 0) is 30.3 Å². The average Bonchev–Trinajstić information content (AvgIpc) is 3.34. The number of esters is 1. The Kier molecular flexibility index (Phi) is 11.3. The van der Waals surface area contributed by atoms with Crippen LogP contribution in [0, 0.1) is 5.92 Å². The first-order chi connectivity index (χ1) is 19.6. The van der Waals surface area contributed by atoms with Crippen LogP contribution in [0.5, 0.6) is 0 Å². The number of methoxy groups -OCH3 is 1. The van der Waals surface area contributed by atoms with Crippen molar-refractivity contribution in [3.05, 3.63) is 48.2 Å². The van der Waals surface area contributed by atoms with Gasteiger partial charge in [0.2, 0.25) is 17.7 Å². The third-order valence-corrected chi connectivity index (χ3v) is 6.92. The van der Waals surface area contributed by atoms with Gasteiger partial charge in [-0.2, -0.15) is 0 Å². The molecule has 5 N–H and O–H groups in total. The third-order valence-electron chi connectivity index (χ3n) is 6.92. The molecule has 2 aromatic rings. The van der Waals surface area contributed by atoms with Gasteiger partial charge in [-0.15, -0.1) is 0 Å². The molecule has 12 nitrogen and oxygen atoms in total. The molecule has 1 aromatic carbocycles. The molecule has 222 valence electrons. The first-order valence-electron chi connectivity index (χ1n) is 13.8. The highest BCUT2D eigenvalue weighted by atomic mass is 16.5. The number of para-hydroxylation sites is 1. The number of likely N-dealkylation sites (N-methyl/N-ethyl adjacent to an activating group) is 1. The predicted molar refractivity (Wildman–Crippen MR) is 154 cm³/mol. The summed E-state index contributed by atoms with van der Waals surface area (Å²) >= 11 is 0. The standard InChI is InChI=1S/C29H40N6O6/c1-18(2)26(28(39)41-4)34-29(40)35(3)17-25(37)33-23-11-7-8-14-30-24(36)13-12-20(32-27(23)38)15-19-16-31-22-10-6-5-9-21(19)22/h5-6,9-10,12-13,16,18,20,23,26,31H,7-8,11,14-15,17H2,1-4H3,(H,30,36)(H,32,38)(H,33,37)(H,34,40)/b13-12+/t20-,23+,26+/m1/s1. The molecule has 12 heteroatoms. The molecular formula is C29H40N6O6. The number of hydrogen-bond acceptors (Lipinski definition) is 6. The van der Waals surface area contributed by atoms with Crippen LogP contribution in [0.25, 0.3) is 10.9 Å². The number of rotatable bonds is 8. The number of H-pyrrole nitrogens is 1. The molecule has 0 fully saturated rings. The maximum atomic E-state index is 13.4. The number of carbonyl (C=O) groups excluding carboxylic acids is 5. The summed E-state index contributed by atoms with van der Waals surface area (Å²) in [5, 5.41) is 12.2. The van der Waals surface area contributed by atoms with E-state index in [4.69, 9.17) is 4.74 Å². The summed E-state index contributed by atoms with van der Waals surface area (Å²) in [4.78, 5) is 67.5. The van der Waals surface area contributed by atoms with E-state index in [1.807, 2.05) is 30.5 Å². The lowest BCUT2D eigenvalue weighted by molar-refractivity contribution is -0.144. The lowest BCUT2D eigenvalue weighted by Crippen LogP contribution is -2.54. The number of urea groups is 1. The van der Waals surface area contributed by atoms with Gasteiger partial charge in [0.1, 0.15) is 18.6 Å². The summed E-state index contributed by atoms with van der Waals surface area (Å²) in [7, 11) is 2.67. The number of amides is 5. The van der Waals surface area contributed by atoms with Gasteiger partial charge in [0, 0.05) is 36.8 Å². The molecule has 1 aliphatic heterocycles. The smallest absolute Gasteiger partial charge is 0.328 e. The first-order valence-corrected chi connectivity index (χ1v) is 13.8. The van der Waals surface area contributed by atoms with Crippen molar-refractivity contribution in [2.24, 2.45) is 5.92 Å². The highest BCUT2D eigenvalue weighted by Gasteiger charge is 2.28. The summed E-state index contributed by atoms with van der Waals surface area (Å²) < 4.78 is 4.75. The second kappa shape index (κ2) is 14.9. The van der Waals surface area contributed by atoms with E-state index in [-0.39, 0.29) is 24.3 Å². The molecule has 0 saturated carbocycles. The molecule has 0 bridgehead atoms. The largest absolute Gasteiger partial charge is 0.467 e. The van der Waals surface area contributed by atoms with Crippen molar-refractivity contribution in [3.8, 4) is 0 Å². The van der Waals surface area contributed by atoms with Crippen molar-refractivity contribution in [2.75, 3.05) is 27.2 Å². The van der Waals surface area contributed by atoms with Gasteiger partial charge in [-0.05, 0) is 43.2 Å². The van der Waals surface area contributed by atoms with E-state index in [9.17, 15) is 24.0 Å². The topological polar surface area (TPSA) is 162 Å². The van der Waals surface area contributed by atoms with Crippen LogP contribution in [0.4, 0.5) is 4.79 Å². The normalized spacial score (nSPS) is 19.6. The summed E-state index contributed by atoms with van der Waals surface area (Å²) in [6.45, 7) is 3.65. The number of nitrogens with zero attached hydrogens (tertiary/aromatic N) is 1. The van der Waals surface area contributed by atoms with Gasteiger partial charge in [-0.1, -0.05) is 38.1 Å². The van der Waals surface area contributed by atoms with E-state index in [0.717, 1.165) is 21.4 Å². The van der Waals surface area contributed by atoms with E-state index >= 15 is 0 Å². The molecule has 3 rings (SSSR count). The highest BCUT2D eigenvalue weighted by molar-refractivity contribution is 5.91. The van der Waals surface area contributed by atoms with Crippen LogP contribution in [0.3, 0.4) is 0 Å². The molecule has 0 unspecified atom stereocenters. The SMILES string of the molecule is COC(=O)[C@@H](NC(=O)N(C)CC(=O)N[C@H]1CCCCNC(=O)/C=C/[C@H](Cc2c[nH]c3ccccc23)NC1=O)C(C)C. The van der Waals surface area contributed by atoms with Gasteiger partial charge < -0.3 is 35.9 Å². The van der Waals surface area contributed by atoms with Gasteiger partial charge in [0.15, 0.2) is 0 Å². The maximum Gasteiger partial charge on any atom is 0.328 e. The number of nitrogens with one attached hydrogen (secondary N) is 5. The predicted octanol–water partition coefficient (Wildman–Crippen LogP) is 1.38. The zero-order valence-corrected chi connectivity index (χ0v) is 24.0. The fourth-order valence-corrected chi connectivity index (χ4v) is 4.60. The van der Waals surface area contributed by atoms with Gasteiger partial charge in [-0.3, -0.25) is 14.4 Å². The quantitative estimate of drug-likeness (QED) is 0.302. The number of aromatic amines is 1. The number of ether oxygens (including phenoxy) is 1. The monoisotopic (exact) mass is 568 g/mol. The van der Waals surface area contributed by atoms with E-state index in [0.29, 0.717) is 32.2 Å². The molecule has 1 aromatic heterocycles. The molecule has 5 amide bonds. The number of hydrogen-bond donors (Lipinski definition) is 5. The Bertz CT molecular complexity index is 1270. The van der Waals surface area contributed by atoms with Crippen LogP contribution >= 0.6 is 0 Å². The van der Waals surface area contributed by atoms with E-state index < -0.39 is 36.0 Å². The van der Waals surface area contributed by atoms with Crippen molar-refractivity contribution in [1.29, 1.82) is 0 Å². The van der Waals surface area contributed by atoms with E-state index in [1.165, 1.54) is 20.2 Å². The Morgan fingerprint density at radius 2 is 1.90 bits per heavy atom. The maximum absolute atomic E-state index is 13.4. The number of carbonyl (C=O) groups is 5. The molecule has 2 heterocycles. The lowest BCUT2D eigenvalue weighted by Gasteiger charge is -2.25. The highest BCUT2D eigenvalue weighted by Crippen LogP contribution is 2.19. The summed E-state index contributed by atoms with van der Waals surface area (Å²) in [6, 6.07) is 4.98. The van der Waals surface area contributed by atoms with Crippen LogP contribution < -0.4 is 21.3 Å². The Morgan fingerprint density at radius 3 is 2.63 bits per heavy atom. The molecule has 3 atom stereocenters. The Balaban J connectivity index is 1.68. The molecule has 0 aliphatic carbocycles. The minimum atomic E-state index is -0.863. The van der Waals surface area contributed by atoms with Gasteiger partial charge in [0.25, 0.3) is 0 Å². The van der Waals surface area contributed by atoms with Crippen LogP contribution in [-0.4, -0.2) is 85.0 Å². The fraction of sp³-hybridized carbons (Fsp3) is 0.483. The molecule has 0 radical (unpaired) electrons. The van der Waals surface area contributed by atoms with Crippen molar-refractivity contribution >= 4 is 40.6 Å². The fourth-order valence-electron chi connectivity index (χ4n) is 4.60. The Hall–Kier alpha value is -4.35. The van der Waals surface area contributed by atoms with Gasteiger partial charge >= 0.3 is 12.0 Å². The van der Waals surface area contributed by atoms with Crippen molar-refractivity contribution < 1.29 is 28.7 Å². The van der Waals surface area contributed by atoms with Gasteiger partial charge in [0.05, 0.1) is 13.2 Å². The summed E-state index contributed by atoms with van der Waals surface area (Å²) in [6.07, 6.45) is 6.95. The van der Waals surface area contributed by atoms with Gasteiger partial charge in [-0.25, -0.2) is 9.59 Å². The van der Waals surface area contributed by atoms with Crippen LogP contribution in [0.15, 0.2) is 42.6 Å². The Labute approximate surface area is 239 Å². The number of fused-ring (bicyclic) bond motifs is 1. The second-order valence-electron chi connectivity index (χ2n) is 10.5. The zero-order valence-electron chi connectivity index (χ0n) is 24.0. The number of aromatic nitrogens is 1. The van der Waals surface area contributed by atoms with Crippen molar-refractivity contribution in [1.82, 2.24) is 31.2 Å². The summed E-state index contributed by atoms with van der Waals surface area (Å²) in [5.74, 6) is -1.94. The molecule has 41 heavy (non-hydrogen) atoms. The zero-order chi connectivity index (χ0) is 29.9. The minimum absolute atomic E-state index is 0.218. The average molecular weight is 569 g/mol. The van der Waals surface area contributed by atoms with E-state index in [1.54, 1.807) is 19.9 Å². The second-order valence-corrected chi connectivity index (χ2v) is 10.5.